The number of benzene rings is 2. The van der Waals surface area contributed by atoms with Crippen LogP contribution in [-0.4, -0.2) is 21.1 Å². The third kappa shape index (κ3) is 3.39. The van der Waals surface area contributed by atoms with Crippen LogP contribution in [0.25, 0.3) is 21.5 Å². The van der Waals surface area contributed by atoms with E-state index in [9.17, 15) is 4.79 Å². The van der Waals surface area contributed by atoms with Crippen molar-refractivity contribution in [1.82, 2.24) is 15.2 Å². The molecule has 1 N–H and O–H groups in total. The fourth-order valence-corrected chi connectivity index (χ4v) is 3.39. The maximum absolute atomic E-state index is 12.4. The van der Waals surface area contributed by atoms with Crippen LogP contribution in [-0.2, 0) is 11.2 Å². The van der Waals surface area contributed by atoms with Crippen LogP contribution in [0.3, 0.4) is 0 Å². The van der Waals surface area contributed by atoms with Gasteiger partial charge in [-0.3, -0.25) is 9.78 Å². The van der Waals surface area contributed by atoms with Gasteiger partial charge in [-0.25, -0.2) is 0 Å². The summed E-state index contributed by atoms with van der Waals surface area (Å²) in [5, 5.41) is 14.3. The van der Waals surface area contributed by atoms with Crippen molar-refractivity contribution >= 4 is 33.1 Å². The summed E-state index contributed by atoms with van der Waals surface area (Å²) in [6.07, 6.45) is 2.00. The van der Waals surface area contributed by atoms with Gasteiger partial charge in [0.15, 0.2) is 5.01 Å². The van der Waals surface area contributed by atoms with E-state index < -0.39 is 0 Å². The zero-order valence-electron chi connectivity index (χ0n) is 13.2. The van der Waals surface area contributed by atoms with E-state index in [2.05, 4.69) is 20.5 Å². The van der Waals surface area contributed by atoms with E-state index in [1.165, 1.54) is 11.3 Å². The molecule has 0 saturated carbocycles. The molecule has 0 saturated heterocycles. The van der Waals surface area contributed by atoms with Crippen LogP contribution in [0.4, 0.5) is 5.13 Å². The van der Waals surface area contributed by atoms with E-state index in [1.54, 1.807) is 6.20 Å². The Morgan fingerprint density at radius 1 is 0.960 bits per heavy atom. The second-order valence-electron chi connectivity index (χ2n) is 5.49. The van der Waals surface area contributed by atoms with E-state index in [1.807, 2.05) is 60.7 Å². The molecule has 2 aromatic heterocycles. The van der Waals surface area contributed by atoms with Gasteiger partial charge in [-0.05, 0) is 28.5 Å². The molecule has 5 nitrogen and oxygen atoms in total. The molecule has 6 heteroatoms. The SMILES string of the molecule is O=C(Cc1cccc2ccccc12)Nc1nnc(-c2ccccn2)s1. The Hall–Kier alpha value is -3.12. The maximum Gasteiger partial charge on any atom is 0.230 e. The average molecular weight is 346 g/mol. The zero-order valence-corrected chi connectivity index (χ0v) is 14.0. The maximum atomic E-state index is 12.4. The summed E-state index contributed by atoms with van der Waals surface area (Å²) >= 11 is 1.31. The predicted octanol–water partition coefficient (Wildman–Crippen LogP) is 3.93. The Balaban J connectivity index is 1.50. The first kappa shape index (κ1) is 15.4. The third-order valence-electron chi connectivity index (χ3n) is 3.79. The van der Waals surface area contributed by atoms with Crippen molar-refractivity contribution in [3.05, 3.63) is 72.4 Å². The first-order valence-corrected chi connectivity index (χ1v) is 8.63. The summed E-state index contributed by atoms with van der Waals surface area (Å²) in [5.41, 5.74) is 1.74. The number of nitrogens with one attached hydrogen (secondary N) is 1. The van der Waals surface area contributed by atoms with Gasteiger partial charge in [0, 0.05) is 6.20 Å². The lowest BCUT2D eigenvalue weighted by Crippen LogP contribution is -2.14. The minimum atomic E-state index is -0.111. The lowest BCUT2D eigenvalue weighted by atomic mass is 10.0. The van der Waals surface area contributed by atoms with Gasteiger partial charge in [-0.15, -0.1) is 10.2 Å². The molecule has 0 aliphatic carbocycles. The van der Waals surface area contributed by atoms with E-state index in [0.29, 0.717) is 16.6 Å². The number of pyridine rings is 1. The van der Waals surface area contributed by atoms with Gasteiger partial charge in [-0.2, -0.15) is 0 Å². The highest BCUT2D eigenvalue weighted by Crippen LogP contribution is 2.25. The van der Waals surface area contributed by atoms with Crippen LogP contribution in [0.5, 0.6) is 0 Å². The van der Waals surface area contributed by atoms with Crippen LogP contribution >= 0.6 is 11.3 Å². The van der Waals surface area contributed by atoms with Crippen molar-refractivity contribution in [3.63, 3.8) is 0 Å². The number of aromatic nitrogens is 3. The van der Waals surface area contributed by atoms with Gasteiger partial charge >= 0.3 is 0 Å². The van der Waals surface area contributed by atoms with Crippen molar-refractivity contribution < 1.29 is 4.79 Å². The number of carbonyl (C=O) groups excluding carboxylic acids is 1. The molecule has 0 spiro atoms. The Kier molecular flexibility index (Phi) is 4.18. The Bertz CT molecular complexity index is 1020. The lowest BCUT2D eigenvalue weighted by molar-refractivity contribution is -0.115. The van der Waals surface area contributed by atoms with Gasteiger partial charge in [0.25, 0.3) is 0 Å². The summed E-state index contributed by atoms with van der Waals surface area (Å²) in [4.78, 5) is 16.6. The molecule has 4 rings (SSSR count). The minimum absolute atomic E-state index is 0.111. The molecule has 0 aliphatic heterocycles. The largest absolute Gasteiger partial charge is 0.300 e. The summed E-state index contributed by atoms with van der Waals surface area (Å²) < 4.78 is 0. The molecule has 4 aromatic rings. The monoisotopic (exact) mass is 346 g/mol. The van der Waals surface area contributed by atoms with E-state index in [-0.39, 0.29) is 5.91 Å². The Morgan fingerprint density at radius 2 is 1.80 bits per heavy atom. The second-order valence-corrected chi connectivity index (χ2v) is 6.47. The van der Waals surface area contributed by atoms with E-state index in [4.69, 9.17) is 0 Å². The number of hydrogen-bond donors (Lipinski definition) is 1. The smallest absolute Gasteiger partial charge is 0.230 e. The molecule has 0 bridgehead atoms. The molecule has 0 aliphatic rings. The second kappa shape index (κ2) is 6.78. The van der Waals surface area contributed by atoms with E-state index in [0.717, 1.165) is 22.0 Å². The Morgan fingerprint density at radius 3 is 2.68 bits per heavy atom. The number of nitrogens with zero attached hydrogens (tertiary/aromatic N) is 3. The molecule has 0 unspecified atom stereocenters. The highest BCUT2D eigenvalue weighted by Gasteiger charge is 2.12. The van der Waals surface area contributed by atoms with Gasteiger partial charge in [-0.1, -0.05) is 59.9 Å². The van der Waals surface area contributed by atoms with Crippen LogP contribution in [0, 0.1) is 0 Å². The van der Waals surface area contributed by atoms with Crippen molar-refractivity contribution in [3.8, 4) is 10.7 Å². The van der Waals surface area contributed by atoms with Gasteiger partial charge in [0.1, 0.15) is 5.69 Å². The average Bonchev–Trinajstić information content (AvgIpc) is 3.11. The number of hydrogen-bond acceptors (Lipinski definition) is 5. The number of anilines is 1. The third-order valence-corrected chi connectivity index (χ3v) is 4.65. The van der Waals surface area contributed by atoms with Crippen molar-refractivity contribution in [2.24, 2.45) is 0 Å². The topological polar surface area (TPSA) is 67.8 Å². The van der Waals surface area contributed by atoms with Gasteiger partial charge in [0.2, 0.25) is 11.0 Å². The number of fused-ring (bicyclic) bond motifs is 1. The summed E-state index contributed by atoms with van der Waals surface area (Å²) in [6.45, 7) is 0. The quantitative estimate of drug-likeness (QED) is 0.608. The van der Waals surface area contributed by atoms with Crippen LogP contribution in [0.1, 0.15) is 5.56 Å². The van der Waals surface area contributed by atoms with Crippen LogP contribution < -0.4 is 5.32 Å². The van der Waals surface area contributed by atoms with Crippen molar-refractivity contribution in [2.45, 2.75) is 6.42 Å². The number of amides is 1. The van der Waals surface area contributed by atoms with E-state index >= 15 is 0 Å². The fraction of sp³-hybridized carbons (Fsp3) is 0.0526. The van der Waals surface area contributed by atoms with Gasteiger partial charge in [0.05, 0.1) is 6.42 Å². The minimum Gasteiger partial charge on any atom is -0.300 e. The number of rotatable bonds is 4. The highest BCUT2D eigenvalue weighted by molar-refractivity contribution is 7.18. The molecule has 2 aromatic carbocycles. The zero-order chi connectivity index (χ0) is 17.1. The summed E-state index contributed by atoms with van der Waals surface area (Å²) in [5.74, 6) is -0.111. The molecule has 0 atom stereocenters. The molecular weight excluding hydrogens is 332 g/mol. The lowest BCUT2D eigenvalue weighted by Gasteiger charge is -2.06. The molecule has 25 heavy (non-hydrogen) atoms. The molecule has 0 radical (unpaired) electrons. The van der Waals surface area contributed by atoms with Crippen LogP contribution in [0.2, 0.25) is 0 Å². The molecular formula is C19H14N4OS. The molecule has 2 heterocycles. The molecule has 122 valence electrons. The summed E-state index contributed by atoms with van der Waals surface area (Å²) in [7, 11) is 0. The molecule has 0 fully saturated rings. The normalized spacial score (nSPS) is 10.7. The molecule has 1 amide bonds. The highest BCUT2D eigenvalue weighted by atomic mass is 32.1. The Labute approximate surface area is 148 Å². The first-order valence-electron chi connectivity index (χ1n) is 7.81. The standard InChI is InChI=1S/C19H14N4OS/c24-17(12-14-8-5-7-13-6-1-2-9-15(13)14)21-19-23-22-18(25-19)16-10-3-4-11-20-16/h1-11H,12H2,(H,21,23,24). The van der Waals surface area contributed by atoms with Crippen molar-refractivity contribution in [1.29, 1.82) is 0 Å². The van der Waals surface area contributed by atoms with Crippen LogP contribution in [0.15, 0.2) is 66.9 Å². The predicted molar refractivity (Wildman–Crippen MR) is 99.4 cm³/mol. The van der Waals surface area contributed by atoms with Crippen molar-refractivity contribution in [2.75, 3.05) is 5.32 Å². The fourth-order valence-electron chi connectivity index (χ4n) is 2.65. The van der Waals surface area contributed by atoms with Gasteiger partial charge < -0.3 is 5.32 Å². The summed E-state index contributed by atoms with van der Waals surface area (Å²) in [6, 6.07) is 19.6. The first-order chi connectivity index (χ1) is 12.3. The number of carbonyl (C=O) groups is 1.